The van der Waals surface area contributed by atoms with Crippen LogP contribution in [0.15, 0.2) is 59.5 Å². The molecule has 0 bridgehead atoms. The van der Waals surface area contributed by atoms with E-state index in [4.69, 9.17) is 23.2 Å². The van der Waals surface area contributed by atoms with Crippen LogP contribution in [0.2, 0.25) is 10.0 Å². The van der Waals surface area contributed by atoms with Gasteiger partial charge in [-0.1, -0.05) is 35.3 Å². The number of rotatable bonds is 4. The van der Waals surface area contributed by atoms with Gasteiger partial charge in [0, 0.05) is 34.2 Å². The number of amides is 1. The summed E-state index contributed by atoms with van der Waals surface area (Å²) in [5.74, 6) is -0.158. The molecule has 0 aliphatic carbocycles. The Hall–Kier alpha value is -2.30. The van der Waals surface area contributed by atoms with Crippen molar-refractivity contribution in [1.82, 2.24) is 9.88 Å². The molecule has 0 aliphatic rings. The van der Waals surface area contributed by atoms with Crippen molar-refractivity contribution in [3.05, 3.63) is 80.6 Å². The molecule has 0 radical (unpaired) electrons. The number of carbonyl (C=O) groups is 1. The smallest absolute Gasteiger partial charge is 0.240 e. The Balaban J connectivity index is 1.76. The highest BCUT2D eigenvalue weighted by molar-refractivity contribution is 6.31. The van der Waals surface area contributed by atoms with E-state index in [9.17, 15) is 9.59 Å². The van der Waals surface area contributed by atoms with Gasteiger partial charge in [-0.2, -0.15) is 0 Å². The van der Waals surface area contributed by atoms with Gasteiger partial charge < -0.3 is 9.88 Å². The molecule has 122 valence electrons. The number of nitrogens with one attached hydrogen (secondary N) is 1. The summed E-state index contributed by atoms with van der Waals surface area (Å²) >= 11 is 11.8. The molecule has 0 fully saturated rings. The monoisotopic (exact) mass is 360 g/mol. The lowest BCUT2D eigenvalue weighted by molar-refractivity contribution is -0.121. The van der Waals surface area contributed by atoms with Crippen LogP contribution in [0.3, 0.4) is 0 Å². The summed E-state index contributed by atoms with van der Waals surface area (Å²) in [5, 5.41) is 4.55. The second-order valence-corrected chi connectivity index (χ2v) is 6.25. The van der Waals surface area contributed by atoms with Gasteiger partial charge in [-0.15, -0.1) is 0 Å². The molecule has 0 unspecified atom stereocenters. The standard InChI is InChI=1S/C18H14Cl2N2O2/c19-13-3-1-12(2-4-13)10-21-18(24)11-22-8-7-17(23)15-6-5-14(20)9-16(15)22/h1-9H,10-11H2,(H,21,24). The Morgan fingerprint density at radius 3 is 2.46 bits per heavy atom. The molecule has 4 nitrogen and oxygen atoms in total. The summed E-state index contributed by atoms with van der Waals surface area (Å²) in [7, 11) is 0. The van der Waals surface area contributed by atoms with Crippen molar-refractivity contribution in [2.24, 2.45) is 0 Å². The van der Waals surface area contributed by atoms with Crippen molar-refractivity contribution in [2.75, 3.05) is 0 Å². The molecule has 1 N–H and O–H groups in total. The average molecular weight is 361 g/mol. The number of hydrogen-bond acceptors (Lipinski definition) is 2. The third kappa shape index (κ3) is 3.78. The van der Waals surface area contributed by atoms with Gasteiger partial charge in [-0.3, -0.25) is 9.59 Å². The first-order valence-corrected chi connectivity index (χ1v) is 8.08. The molecule has 6 heteroatoms. The van der Waals surface area contributed by atoms with E-state index >= 15 is 0 Å². The zero-order valence-electron chi connectivity index (χ0n) is 12.6. The highest BCUT2D eigenvalue weighted by Crippen LogP contribution is 2.16. The largest absolute Gasteiger partial charge is 0.350 e. The van der Waals surface area contributed by atoms with E-state index in [0.717, 1.165) is 5.56 Å². The van der Waals surface area contributed by atoms with Crippen LogP contribution < -0.4 is 10.7 Å². The Morgan fingerprint density at radius 2 is 1.71 bits per heavy atom. The topological polar surface area (TPSA) is 51.1 Å². The van der Waals surface area contributed by atoms with Crippen molar-refractivity contribution >= 4 is 40.0 Å². The number of halogens is 2. The normalized spacial score (nSPS) is 10.8. The highest BCUT2D eigenvalue weighted by atomic mass is 35.5. The number of nitrogens with zero attached hydrogens (tertiary/aromatic N) is 1. The number of pyridine rings is 1. The fourth-order valence-corrected chi connectivity index (χ4v) is 2.72. The quantitative estimate of drug-likeness (QED) is 0.772. The zero-order valence-corrected chi connectivity index (χ0v) is 14.1. The number of fused-ring (bicyclic) bond motifs is 1. The molecule has 0 atom stereocenters. The Morgan fingerprint density at radius 1 is 1.00 bits per heavy atom. The maximum atomic E-state index is 12.2. The summed E-state index contributed by atoms with van der Waals surface area (Å²) in [6.45, 7) is 0.513. The molecule has 3 aromatic rings. The molecular weight excluding hydrogens is 347 g/mol. The molecule has 0 spiro atoms. The predicted octanol–water partition coefficient (Wildman–Crippen LogP) is 3.62. The predicted molar refractivity (Wildman–Crippen MR) is 96.5 cm³/mol. The average Bonchev–Trinajstić information content (AvgIpc) is 2.57. The molecule has 1 amide bonds. The van der Waals surface area contributed by atoms with Crippen LogP contribution in [0.4, 0.5) is 0 Å². The second-order valence-electron chi connectivity index (χ2n) is 5.37. The van der Waals surface area contributed by atoms with Gasteiger partial charge in [0.15, 0.2) is 5.43 Å². The third-order valence-corrected chi connectivity index (χ3v) is 4.14. The molecule has 0 aliphatic heterocycles. The second kappa shape index (κ2) is 7.07. The van der Waals surface area contributed by atoms with Crippen molar-refractivity contribution in [3.8, 4) is 0 Å². The molecule has 24 heavy (non-hydrogen) atoms. The van der Waals surface area contributed by atoms with E-state index in [1.165, 1.54) is 6.07 Å². The Kier molecular flexibility index (Phi) is 4.88. The Labute approximate surface area is 148 Å². The molecular formula is C18H14Cl2N2O2. The summed E-state index contributed by atoms with van der Waals surface area (Å²) in [6.07, 6.45) is 1.60. The van der Waals surface area contributed by atoms with E-state index in [2.05, 4.69) is 5.32 Å². The fraction of sp³-hybridized carbons (Fsp3) is 0.111. The van der Waals surface area contributed by atoms with Crippen LogP contribution in [0.25, 0.3) is 10.9 Å². The number of aromatic nitrogens is 1. The lowest BCUT2D eigenvalue weighted by Crippen LogP contribution is -2.27. The lowest BCUT2D eigenvalue weighted by atomic mass is 10.2. The van der Waals surface area contributed by atoms with Gasteiger partial charge in [0.25, 0.3) is 0 Å². The minimum Gasteiger partial charge on any atom is -0.350 e. The summed E-state index contributed by atoms with van der Waals surface area (Å²) in [6, 6.07) is 13.7. The van der Waals surface area contributed by atoms with Crippen molar-refractivity contribution in [2.45, 2.75) is 13.1 Å². The van der Waals surface area contributed by atoms with Crippen LogP contribution in [0, 0.1) is 0 Å². The van der Waals surface area contributed by atoms with E-state index in [0.29, 0.717) is 27.5 Å². The van der Waals surface area contributed by atoms with Gasteiger partial charge >= 0.3 is 0 Å². The van der Waals surface area contributed by atoms with Crippen LogP contribution in [-0.4, -0.2) is 10.5 Å². The number of hydrogen-bond donors (Lipinski definition) is 1. The first-order valence-electron chi connectivity index (χ1n) is 7.33. The summed E-state index contributed by atoms with van der Waals surface area (Å²) in [4.78, 5) is 24.1. The van der Waals surface area contributed by atoms with Crippen LogP contribution in [0.5, 0.6) is 0 Å². The van der Waals surface area contributed by atoms with Gasteiger partial charge in [0.05, 0.1) is 5.52 Å². The van der Waals surface area contributed by atoms with E-state index in [-0.39, 0.29) is 17.9 Å². The number of benzene rings is 2. The van der Waals surface area contributed by atoms with Crippen LogP contribution in [-0.2, 0) is 17.9 Å². The van der Waals surface area contributed by atoms with E-state index in [1.54, 1.807) is 41.1 Å². The molecule has 1 heterocycles. The Bertz CT molecular complexity index is 949. The lowest BCUT2D eigenvalue weighted by Gasteiger charge is -2.11. The minimum atomic E-state index is -0.158. The maximum absolute atomic E-state index is 12.2. The molecule has 3 rings (SSSR count). The van der Waals surface area contributed by atoms with Crippen LogP contribution in [0.1, 0.15) is 5.56 Å². The highest BCUT2D eigenvalue weighted by Gasteiger charge is 2.08. The third-order valence-electron chi connectivity index (χ3n) is 3.66. The number of carbonyl (C=O) groups excluding carboxylic acids is 1. The van der Waals surface area contributed by atoms with Gasteiger partial charge in [-0.25, -0.2) is 0 Å². The van der Waals surface area contributed by atoms with Gasteiger partial charge in [0.2, 0.25) is 5.91 Å². The van der Waals surface area contributed by atoms with Crippen molar-refractivity contribution < 1.29 is 4.79 Å². The minimum absolute atomic E-state index is 0.0977. The first-order chi connectivity index (χ1) is 11.5. The molecule has 1 aromatic heterocycles. The molecule has 0 saturated heterocycles. The van der Waals surface area contributed by atoms with E-state index < -0.39 is 0 Å². The van der Waals surface area contributed by atoms with Crippen molar-refractivity contribution in [1.29, 1.82) is 0 Å². The summed E-state index contributed by atoms with van der Waals surface area (Å²) in [5.41, 5.74) is 1.50. The van der Waals surface area contributed by atoms with Crippen LogP contribution >= 0.6 is 23.2 Å². The maximum Gasteiger partial charge on any atom is 0.240 e. The summed E-state index contributed by atoms with van der Waals surface area (Å²) < 4.78 is 1.71. The first kappa shape index (κ1) is 16.6. The fourth-order valence-electron chi connectivity index (χ4n) is 2.43. The van der Waals surface area contributed by atoms with Gasteiger partial charge in [0.1, 0.15) is 6.54 Å². The van der Waals surface area contributed by atoms with Crippen molar-refractivity contribution in [3.63, 3.8) is 0 Å². The SMILES string of the molecule is O=C(Cn1ccc(=O)c2ccc(Cl)cc21)NCc1ccc(Cl)cc1. The van der Waals surface area contributed by atoms with E-state index in [1.807, 2.05) is 12.1 Å². The molecule has 2 aromatic carbocycles. The zero-order chi connectivity index (χ0) is 17.1. The molecule has 0 saturated carbocycles. The van der Waals surface area contributed by atoms with Gasteiger partial charge in [-0.05, 0) is 35.9 Å².